The van der Waals surface area contributed by atoms with Gasteiger partial charge >= 0.3 is 5.97 Å². The van der Waals surface area contributed by atoms with Crippen LogP contribution in [0.3, 0.4) is 0 Å². The van der Waals surface area contributed by atoms with Crippen LogP contribution in [0.5, 0.6) is 0 Å². The van der Waals surface area contributed by atoms with Gasteiger partial charge in [-0.1, -0.05) is 0 Å². The number of hydrogen-bond donors (Lipinski definition) is 2. The number of carbonyl (C=O) groups is 1. The lowest BCUT2D eigenvalue weighted by Crippen LogP contribution is -2.54. The van der Waals surface area contributed by atoms with Crippen LogP contribution in [0.4, 0.5) is 0 Å². The minimum absolute atomic E-state index is 0.0211. The van der Waals surface area contributed by atoms with E-state index >= 15 is 0 Å². The second kappa shape index (κ2) is 6.93. The monoisotopic (exact) mass is 245 g/mol. The summed E-state index contributed by atoms with van der Waals surface area (Å²) in [5, 5.41) is 12.2. The highest BCUT2D eigenvalue weighted by atomic mass is 16.5. The lowest BCUT2D eigenvalue weighted by molar-refractivity contribution is -0.149. The third kappa shape index (κ3) is 3.94. The first kappa shape index (κ1) is 14.4. The van der Waals surface area contributed by atoms with Gasteiger partial charge in [0.2, 0.25) is 0 Å². The number of likely N-dealkylation sites (N-methyl/N-ethyl adjacent to an activating group) is 1. The Balaban J connectivity index is 2.40. The maximum absolute atomic E-state index is 11.3. The van der Waals surface area contributed by atoms with Gasteiger partial charge in [-0.25, -0.2) is 0 Å². The van der Waals surface area contributed by atoms with Gasteiger partial charge in [-0.3, -0.25) is 4.79 Å². The molecule has 0 aliphatic heterocycles. The molecule has 0 bridgehead atoms. The summed E-state index contributed by atoms with van der Waals surface area (Å²) in [6.07, 6.45) is 3.04. The minimum atomic E-state index is -0.811. The molecule has 0 aromatic rings. The molecule has 0 spiro atoms. The molecule has 0 saturated heterocycles. The van der Waals surface area contributed by atoms with E-state index in [0.29, 0.717) is 32.7 Å². The zero-order valence-electron chi connectivity index (χ0n) is 10.7. The van der Waals surface area contributed by atoms with Crippen LogP contribution in [0.1, 0.15) is 32.6 Å². The van der Waals surface area contributed by atoms with Gasteiger partial charge in [-0.05, 0) is 33.2 Å². The molecule has 5 nitrogen and oxygen atoms in total. The van der Waals surface area contributed by atoms with Crippen molar-refractivity contribution < 1.29 is 19.4 Å². The van der Waals surface area contributed by atoms with E-state index in [1.165, 1.54) is 0 Å². The molecule has 1 aliphatic carbocycles. The third-order valence-corrected chi connectivity index (χ3v) is 3.38. The second-order valence-corrected chi connectivity index (χ2v) is 4.42. The summed E-state index contributed by atoms with van der Waals surface area (Å²) in [6.45, 7) is 3.74. The van der Waals surface area contributed by atoms with Crippen LogP contribution in [-0.4, -0.2) is 49.6 Å². The summed E-state index contributed by atoms with van der Waals surface area (Å²) in [7, 11) is 1.71. The topological polar surface area (TPSA) is 67.8 Å². The quantitative estimate of drug-likeness (QED) is 0.656. The van der Waals surface area contributed by atoms with Crippen molar-refractivity contribution in [1.29, 1.82) is 0 Å². The van der Waals surface area contributed by atoms with Gasteiger partial charge < -0.3 is 19.9 Å². The van der Waals surface area contributed by atoms with Crippen LogP contribution in [0.25, 0.3) is 0 Å². The average molecular weight is 245 g/mol. The lowest BCUT2D eigenvalue weighted by atomic mass is 9.80. The zero-order chi connectivity index (χ0) is 12.7. The number of carboxylic acids is 1. The first-order valence-corrected chi connectivity index (χ1v) is 6.26. The molecule has 1 saturated carbocycles. The van der Waals surface area contributed by atoms with E-state index in [9.17, 15) is 9.90 Å². The SMILES string of the molecule is CCOCCOC1CCCC(NC)(C(=O)O)C1. The fourth-order valence-electron chi connectivity index (χ4n) is 2.31. The highest BCUT2D eigenvalue weighted by molar-refractivity contribution is 5.79. The van der Waals surface area contributed by atoms with Crippen LogP contribution >= 0.6 is 0 Å². The minimum Gasteiger partial charge on any atom is -0.480 e. The second-order valence-electron chi connectivity index (χ2n) is 4.42. The Morgan fingerprint density at radius 1 is 1.53 bits per heavy atom. The molecule has 2 unspecified atom stereocenters. The number of hydrogen-bond acceptors (Lipinski definition) is 4. The molecule has 2 atom stereocenters. The molecule has 0 heterocycles. The van der Waals surface area contributed by atoms with E-state index in [1.807, 2.05) is 6.92 Å². The summed E-state index contributed by atoms with van der Waals surface area (Å²) >= 11 is 0. The Hall–Kier alpha value is -0.650. The van der Waals surface area contributed by atoms with E-state index < -0.39 is 11.5 Å². The fraction of sp³-hybridized carbons (Fsp3) is 0.917. The number of aliphatic carboxylic acids is 1. The molecular weight excluding hydrogens is 222 g/mol. The first-order valence-electron chi connectivity index (χ1n) is 6.26. The summed E-state index contributed by atoms with van der Waals surface area (Å²) < 4.78 is 10.9. The van der Waals surface area contributed by atoms with Crippen molar-refractivity contribution in [2.45, 2.75) is 44.2 Å². The Labute approximate surface area is 102 Å². The Morgan fingerprint density at radius 3 is 2.88 bits per heavy atom. The van der Waals surface area contributed by atoms with Gasteiger partial charge in [0.25, 0.3) is 0 Å². The molecule has 0 radical (unpaired) electrons. The first-order chi connectivity index (χ1) is 8.14. The molecule has 17 heavy (non-hydrogen) atoms. The van der Waals surface area contributed by atoms with E-state index in [0.717, 1.165) is 12.8 Å². The third-order valence-electron chi connectivity index (χ3n) is 3.38. The maximum atomic E-state index is 11.3. The van der Waals surface area contributed by atoms with Crippen LogP contribution in [0.2, 0.25) is 0 Å². The Morgan fingerprint density at radius 2 is 2.29 bits per heavy atom. The summed E-state index contributed by atoms with van der Waals surface area (Å²) in [4.78, 5) is 11.3. The van der Waals surface area contributed by atoms with Crippen LogP contribution in [0.15, 0.2) is 0 Å². The molecule has 2 N–H and O–H groups in total. The normalized spacial score (nSPS) is 29.2. The van der Waals surface area contributed by atoms with Crippen LogP contribution in [0, 0.1) is 0 Å². The van der Waals surface area contributed by atoms with Gasteiger partial charge in [-0.15, -0.1) is 0 Å². The number of nitrogens with one attached hydrogen (secondary N) is 1. The van der Waals surface area contributed by atoms with Crippen molar-refractivity contribution >= 4 is 5.97 Å². The largest absolute Gasteiger partial charge is 0.480 e. The summed E-state index contributed by atoms with van der Waals surface area (Å²) in [5.41, 5.74) is -0.811. The van der Waals surface area contributed by atoms with Crippen molar-refractivity contribution in [3.8, 4) is 0 Å². The van der Waals surface area contributed by atoms with E-state index in [4.69, 9.17) is 9.47 Å². The number of rotatable bonds is 7. The highest BCUT2D eigenvalue weighted by Crippen LogP contribution is 2.30. The molecule has 0 aromatic carbocycles. The van der Waals surface area contributed by atoms with Crippen LogP contribution < -0.4 is 5.32 Å². The smallest absolute Gasteiger partial charge is 0.323 e. The van der Waals surface area contributed by atoms with Crippen LogP contribution in [-0.2, 0) is 14.3 Å². The summed E-state index contributed by atoms with van der Waals surface area (Å²) in [6, 6.07) is 0. The van der Waals surface area contributed by atoms with Gasteiger partial charge in [0, 0.05) is 13.0 Å². The van der Waals surface area contributed by atoms with Gasteiger partial charge in [0.15, 0.2) is 0 Å². The highest BCUT2D eigenvalue weighted by Gasteiger charge is 2.41. The summed E-state index contributed by atoms with van der Waals surface area (Å²) in [5.74, 6) is -0.780. The molecule has 1 fully saturated rings. The zero-order valence-corrected chi connectivity index (χ0v) is 10.7. The van der Waals surface area contributed by atoms with Gasteiger partial charge in [0.05, 0.1) is 19.3 Å². The van der Waals surface area contributed by atoms with E-state index in [2.05, 4.69) is 5.32 Å². The molecule has 0 aromatic heterocycles. The predicted molar refractivity (Wildman–Crippen MR) is 64.1 cm³/mol. The maximum Gasteiger partial charge on any atom is 0.323 e. The van der Waals surface area contributed by atoms with Crippen molar-refractivity contribution in [3.63, 3.8) is 0 Å². The van der Waals surface area contributed by atoms with Crippen molar-refractivity contribution in [2.24, 2.45) is 0 Å². The molecular formula is C12H23NO4. The standard InChI is InChI=1S/C12H23NO4/c1-3-16-7-8-17-10-5-4-6-12(9-10,13-2)11(14)15/h10,13H,3-9H2,1-2H3,(H,14,15). The van der Waals surface area contributed by atoms with Gasteiger partial charge in [0.1, 0.15) is 5.54 Å². The fourth-order valence-corrected chi connectivity index (χ4v) is 2.31. The number of carboxylic acid groups (broad SMARTS) is 1. The van der Waals surface area contributed by atoms with Crippen molar-refractivity contribution in [3.05, 3.63) is 0 Å². The molecule has 100 valence electrons. The predicted octanol–water partition coefficient (Wildman–Crippen LogP) is 1.02. The van der Waals surface area contributed by atoms with E-state index in [-0.39, 0.29) is 6.10 Å². The number of ether oxygens (including phenoxy) is 2. The van der Waals surface area contributed by atoms with Crippen molar-refractivity contribution in [1.82, 2.24) is 5.32 Å². The lowest BCUT2D eigenvalue weighted by Gasteiger charge is -2.37. The Bertz CT molecular complexity index is 247. The van der Waals surface area contributed by atoms with Gasteiger partial charge in [-0.2, -0.15) is 0 Å². The molecule has 1 aliphatic rings. The Kier molecular flexibility index (Phi) is 5.88. The van der Waals surface area contributed by atoms with Crippen molar-refractivity contribution in [2.75, 3.05) is 26.9 Å². The molecule has 1 rings (SSSR count). The molecule has 5 heteroatoms. The molecule has 0 amide bonds. The van der Waals surface area contributed by atoms with E-state index in [1.54, 1.807) is 7.05 Å². The average Bonchev–Trinajstić information content (AvgIpc) is 2.34.